The maximum absolute atomic E-state index is 11.3. The summed E-state index contributed by atoms with van der Waals surface area (Å²) >= 11 is 0. The first-order valence-electron chi connectivity index (χ1n) is 4.18. The second-order valence-corrected chi connectivity index (χ2v) is 2.98. The van der Waals surface area contributed by atoms with Crippen molar-refractivity contribution in [2.24, 2.45) is 5.73 Å². The number of phenolic OH excluding ortho intramolecular Hbond substituents is 1. The predicted octanol–water partition coefficient (Wildman–Crippen LogP) is 1.23. The minimum Gasteiger partial charge on any atom is -0.507 e. The summed E-state index contributed by atoms with van der Waals surface area (Å²) in [4.78, 5) is 11.3. The number of nitrogens with two attached hydrogens (primary N) is 1. The normalized spacial score (nSPS) is 10.0. The molecule has 0 amide bonds. The van der Waals surface area contributed by atoms with Gasteiger partial charge in [-0.05, 0) is 31.2 Å². The van der Waals surface area contributed by atoms with Gasteiger partial charge in [0.15, 0.2) is 5.78 Å². The van der Waals surface area contributed by atoms with E-state index >= 15 is 0 Å². The Balaban J connectivity index is 2.95. The molecule has 0 saturated heterocycles. The van der Waals surface area contributed by atoms with Gasteiger partial charge in [-0.25, -0.2) is 0 Å². The van der Waals surface area contributed by atoms with Gasteiger partial charge in [-0.1, -0.05) is 6.07 Å². The molecule has 13 heavy (non-hydrogen) atoms. The number of ketones is 1. The van der Waals surface area contributed by atoms with E-state index in [4.69, 9.17) is 5.73 Å². The molecule has 0 saturated carbocycles. The van der Waals surface area contributed by atoms with Gasteiger partial charge in [0.25, 0.3) is 0 Å². The number of benzene rings is 1. The standard InChI is InChI=1S/C10H13NO2/c1-7-2-3-8(10(13)6-7)9(12)4-5-11/h2-3,6,13H,4-5,11H2,1H3. The number of rotatable bonds is 3. The third-order valence-corrected chi connectivity index (χ3v) is 1.83. The smallest absolute Gasteiger partial charge is 0.167 e. The molecule has 1 rings (SSSR count). The summed E-state index contributed by atoms with van der Waals surface area (Å²) in [7, 11) is 0. The molecule has 0 atom stereocenters. The van der Waals surface area contributed by atoms with Crippen molar-refractivity contribution in [1.82, 2.24) is 0 Å². The zero-order valence-corrected chi connectivity index (χ0v) is 7.58. The summed E-state index contributed by atoms with van der Waals surface area (Å²) in [6, 6.07) is 5.00. The lowest BCUT2D eigenvalue weighted by Crippen LogP contribution is -2.08. The van der Waals surface area contributed by atoms with E-state index in [0.717, 1.165) is 5.56 Å². The molecule has 0 unspecified atom stereocenters. The van der Waals surface area contributed by atoms with E-state index in [9.17, 15) is 9.90 Å². The molecule has 3 nitrogen and oxygen atoms in total. The van der Waals surface area contributed by atoms with Crippen molar-refractivity contribution < 1.29 is 9.90 Å². The van der Waals surface area contributed by atoms with Crippen LogP contribution in [-0.4, -0.2) is 17.4 Å². The lowest BCUT2D eigenvalue weighted by Gasteiger charge is -2.03. The van der Waals surface area contributed by atoms with Crippen LogP contribution < -0.4 is 5.73 Å². The Hall–Kier alpha value is -1.35. The number of carbonyl (C=O) groups excluding carboxylic acids is 1. The summed E-state index contributed by atoms with van der Waals surface area (Å²) in [6.07, 6.45) is 0.274. The topological polar surface area (TPSA) is 63.3 Å². The fraction of sp³-hybridized carbons (Fsp3) is 0.300. The van der Waals surface area contributed by atoms with E-state index in [1.807, 2.05) is 6.92 Å². The average molecular weight is 179 g/mol. The molecule has 1 aromatic carbocycles. The lowest BCUT2D eigenvalue weighted by molar-refractivity contribution is 0.0983. The van der Waals surface area contributed by atoms with Gasteiger partial charge in [-0.3, -0.25) is 4.79 Å². The molecule has 0 aliphatic rings. The van der Waals surface area contributed by atoms with Gasteiger partial charge in [-0.15, -0.1) is 0 Å². The third-order valence-electron chi connectivity index (χ3n) is 1.83. The molecule has 1 aromatic rings. The van der Waals surface area contributed by atoms with Crippen LogP contribution >= 0.6 is 0 Å². The fourth-order valence-corrected chi connectivity index (χ4v) is 1.14. The Bertz CT molecular complexity index is 321. The second-order valence-electron chi connectivity index (χ2n) is 2.98. The molecule has 0 aliphatic carbocycles. The number of aromatic hydroxyl groups is 1. The Morgan fingerprint density at radius 1 is 1.54 bits per heavy atom. The average Bonchev–Trinajstić information content (AvgIpc) is 2.04. The number of carbonyl (C=O) groups is 1. The minimum absolute atomic E-state index is 0.0402. The maximum Gasteiger partial charge on any atom is 0.167 e. The SMILES string of the molecule is Cc1ccc(C(=O)CCN)c(O)c1. The van der Waals surface area contributed by atoms with Crippen LogP contribution in [0.25, 0.3) is 0 Å². The fourth-order valence-electron chi connectivity index (χ4n) is 1.14. The summed E-state index contributed by atoms with van der Waals surface area (Å²) < 4.78 is 0. The molecule has 0 radical (unpaired) electrons. The van der Waals surface area contributed by atoms with E-state index in [0.29, 0.717) is 12.1 Å². The predicted molar refractivity (Wildman–Crippen MR) is 50.8 cm³/mol. The highest BCUT2D eigenvalue weighted by Gasteiger charge is 2.09. The molecule has 0 heterocycles. The first-order chi connectivity index (χ1) is 6.15. The highest BCUT2D eigenvalue weighted by molar-refractivity contribution is 5.98. The molecular formula is C10H13NO2. The first-order valence-corrected chi connectivity index (χ1v) is 4.18. The van der Waals surface area contributed by atoms with E-state index in [1.165, 1.54) is 0 Å². The molecule has 0 aliphatic heterocycles. The molecule has 3 N–H and O–H groups in total. The van der Waals surface area contributed by atoms with Gasteiger partial charge >= 0.3 is 0 Å². The van der Waals surface area contributed by atoms with Crippen LogP contribution in [0, 0.1) is 6.92 Å². The number of Topliss-reactive ketones (excluding diaryl/α,β-unsaturated/α-hetero) is 1. The van der Waals surface area contributed by atoms with Crippen LogP contribution in [0.2, 0.25) is 0 Å². The molecular weight excluding hydrogens is 166 g/mol. The van der Waals surface area contributed by atoms with Gasteiger partial charge in [0.05, 0.1) is 5.56 Å². The van der Waals surface area contributed by atoms with Crippen molar-refractivity contribution >= 4 is 5.78 Å². The Kier molecular flexibility index (Phi) is 3.03. The highest BCUT2D eigenvalue weighted by atomic mass is 16.3. The van der Waals surface area contributed by atoms with Gasteiger partial charge < -0.3 is 10.8 Å². The van der Waals surface area contributed by atoms with E-state index in [1.54, 1.807) is 18.2 Å². The highest BCUT2D eigenvalue weighted by Crippen LogP contribution is 2.19. The second kappa shape index (κ2) is 4.05. The molecule has 0 aromatic heterocycles. The third kappa shape index (κ3) is 2.29. The Morgan fingerprint density at radius 2 is 2.23 bits per heavy atom. The van der Waals surface area contributed by atoms with Crippen molar-refractivity contribution in [2.75, 3.05) is 6.54 Å². The zero-order chi connectivity index (χ0) is 9.84. The van der Waals surface area contributed by atoms with Crippen LogP contribution in [0.3, 0.4) is 0 Å². The maximum atomic E-state index is 11.3. The summed E-state index contributed by atoms with van der Waals surface area (Å²) in [5.41, 5.74) is 6.53. The minimum atomic E-state index is -0.111. The number of hydrogen-bond donors (Lipinski definition) is 2. The quantitative estimate of drug-likeness (QED) is 0.686. The molecule has 0 spiro atoms. The summed E-state index contributed by atoms with van der Waals surface area (Å²) in [5, 5.41) is 9.43. The summed E-state index contributed by atoms with van der Waals surface area (Å²) in [5.74, 6) is -0.0709. The largest absolute Gasteiger partial charge is 0.507 e. The van der Waals surface area contributed by atoms with Crippen LogP contribution in [0.5, 0.6) is 5.75 Å². The van der Waals surface area contributed by atoms with Crippen molar-refractivity contribution in [2.45, 2.75) is 13.3 Å². The van der Waals surface area contributed by atoms with Crippen LogP contribution in [0.4, 0.5) is 0 Å². The van der Waals surface area contributed by atoms with Gasteiger partial charge in [0, 0.05) is 6.42 Å². The van der Waals surface area contributed by atoms with Crippen LogP contribution in [0.1, 0.15) is 22.3 Å². The summed E-state index contributed by atoms with van der Waals surface area (Å²) in [6.45, 7) is 2.17. The van der Waals surface area contributed by atoms with Crippen molar-refractivity contribution in [3.8, 4) is 5.75 Å². The van der Waals surface area contributed by atoms with E-state index < -0.39 is 0 Å². The van der Waals surface area contributed by atoms with Crippen molar-refractivity contribution in [3.05, 3.63) is 29.3 Å². The van der Waals surface area contributed by atoms with Crippen molar-refractivity contribution in [3.63, 3.8) is 0 Å². The van der Waals surface area contributed by atoms with Gasteiger partial charge in [-0.2, -0.15) is 0 Å². The van der Waals surface area contributed by atoms with Gasteiger partial charge in [0.2, 0.25) is 0 Å². The number of phenols is 1. The molecule has 0 fully saturated rings. The van der Waals surface area contributed by atoms with Gasteiger partial charge in [0.1, 0.15) is 5.75 Å². The van der Waals surface area contributed by atoms with E-state index in [-0.39, 0.29) is 18.0 Å². The number of aryl methyl sites for hydroxylation is 1. The molecule has 3 heteroatoms. The molecule has 0 bridgehead atoms. The zero-order valence-electron chi connectivity index (χ0n) is 7.58. The Labute approximate surface area is 77.2 Å². The first kappa shape index (κ1) is 9.74. The van der Waals surface area contributed by atoms with E-state index in [2.05, 4.69) is 0 Å². The number of hydrogen-bond acceptors (Lipinski definition) is 3. The van der Waals surface area contributed by atoms with Crippen molar-refractivity contribution in [1.29, 1.82) is 0 Å². The lowest BCUT2D eigenvalue weighted by atomic mass is 10.1. The Morgan fingerprint density at radius 3 is 2.77 bits per heavy atom. The van der Waals surface area contributed by atoms with Crippen LogP contribution in [0.15, 0.2) is 18.2 Å². The van der Waals surface area contributed by atoms with Crippen LogP contribution in [-0.2, 0) is 0 Å². The molecule has 70 valence electrons. The monoisotopic (exact) mass is 179 g/mol.